The van der Waals surface area contributed by atoms with Crippen LogP contribution >= 0.6 is 0 Å². The number of H-pyrrole nitrogens is 2. The molecule has 2 N–H and O–H groups in total. The molecule has 0 saturated carbocycles. The van der Waals surface area contributed by atoms with Crippen LogP contribution < -0.4 is 0 Å². The predicted molar refractivity (Wildman–Crippen MR) is 125 cm³/mol. The highest BCUT2D eigenvalue weighted by Gasteiger charge is 2.16. The van der Waals surface area contributed by atoms with Crippen molar-refractivity contribution >= 4 is 27.5 Å². The number of halogens is 1. The number of imidazole rings is 1. The number of rotatable bonds is 5. The summed E-state index contributed by atoms with van der Waals surface area (Å²) < 4.78 is 13.8. The summed E-state index contributed by atoms with van der Waals surface area (Å²) in [5.74, 6) is 0.289. The minimum Gasteiger partial charge on any atom is -0.335 e. The van der Waals surface area contributed by atoms with Crippen molar-refractivity contribution in [1.29, 1.82) is 0 Å². The first-order valence-corrected chi connectivity index (χ1v) is 10.1. The lowest BCUT2D eigenvalue weighted by atomic mass is 10.1. The summed E-state index contributed by atoms with van der Waals surface area (Å²) in [6, 6.07) is 8.38. The number of aromatic amines is 2. The maximum atomic E-state index is 13.8. The number of nitrogens with zero attached hydrogens (tertiary/aromatic N) is 4. The van der Waals surface area contributed by atoms with Gasteiger partial charge in [-0.05, 0) is 36.3 Å². The molecule has 32 heavy (non-hydrogen) atoms. The highest BCUT2D eigenvalue weighted by Crippen LogP contribution is 2.31. The maximum Gasteiger partial charge on any atom is 0.159 e. The van der Waals surface area contributed by atoms with E-state index in [0.29, 0.717) is 22.6 Å². The minimum atomic E-state index is -0.307. The van der Waals surface area contributed by atoms with Crippen molar-refractivity contribution in [3.05, 3.63) is 91.3 Å². The Morgan fingerprint density at radius 3 is 2.84 bits per heavy atom. The molecule has 0 saturated heterocycles. The maximum absolute atomic E-state index is 13.8. The van der Waals surface area contributed by atoms with Crippen LogP contribution in [0.25, 0.3) is 50.2 Å². The fourth-order valence-electron chi connectivity index (χ4n) is 3.67. The number of pyridine rings is 2. The summed E-state index contributed by atoms with van der Waals surface area (Å²) in [7, 11) is 0. The molecule has 0 unspecified atom stereocenters. The summed E-state index contributed by atoms with van der Waals surface area (Å²) in [6.45, 7) is 5.69. The minimum absolute atomic E-state index is 0.307. The zero-order valence-electron chi connectivity index (χ0n) is 17.3. The van der Waals surface area contributed by atoms with Crippen molar-refractivity contribution in [2.75, 3.05) is 0 Å². The third kappa shape index (κ3) is 3.39. The highest BCUT2D eigenvalue weighted by molar-refractivity contribution is 5.97. The van der Waals surface area contributed by atoms with Gasteiger partial charge in [-0.2, -0.15) is 5.10 Å². The molecule has 156 valence electrons. The van der Waals surface area contributed by atoms with Crippen LogP contribution in [-0.4, -0.2) is 30.1 Å². The average molecular weight is 422 g/mol. The Balaban J connectivity index is 1.65. The number of allylic oxidation sites excluding steroid dienone is 5. The van der Waals surface area contributed by atoms with Crippen LogP contribution in [0, 0.1) is 5.82 Å². The molecular weight excluding hydrogens is 403 g/mol. The molecule has 1 aromatic carbocycles. The third-order valence-electron chi connectivity index (χ3n) is 5.22. The summed E-state index contributed by atoms with van der Waals surface area (Å²) in [5.41, 5.74) is 6.18. The fraction of sp³-hybridized carbons (Fsp3) is 0.0400. The van der Waals surface area contributed by atoms with Gasteiger partial charge in [-0.3, -0.25) is 15.1 Å². The van der Waals surface area contributed by atoms with Crippen molar-refractivity contribution in [3.8, 4) is 22.6 Å². The van der Waals surface area contributed by atoms with Crippen LogP contribution in [0.3, 0.4) is 0 Å². The first-order chi connectivity index (χ1) is 15.7. The lowest BCUT2D eigenvalue weighted by Crippen LogP contribution is -1.88. The summed E-state index contributed by atoms with van der Waals surface area (Å²) in [4.78, 5) is 16.9. The normalized spacial score (nSPS) is 12.2. The number of aromatic nitrogens is 6. The summed E-state index contributed by atoms with van der Waals surface area (Å²) in [5, 5.41) is 8.38. The smallest absolute Gasteiger partial charge is 0.159 e. The highest BCUT2D eigenvalue weighted by atomic mass is 19.1. The van der Waals surface area contributed by atoms with E-state index in [9.17, 15) is 4.39 Å². The van der Waals surface area contributed by atoms with Gasteiger partial charge in [0.15, 0.2) is 5.82 Å². The molecule has 0 amide bonds. The van der Waals surface area contributed by atoms with Crippen molar-refractivity contribution in [2.24, 2.45) is 0 Å². The van der Waals surface area contributed by atoms with Crippen molar-refractivity contribution in [2.45, 2.75) is 6.92 Å². The molecule has 0 aliphatic rings. The molecule has 0 aliphatic carbocycles. The Morgan fingerprint density at radius 2 is 2.03 bits per heavy atom. The van der Waals surface area contributed by atoms with Gasteiger partial charge in [-0.25, -0.2) is 9.37 Å². The van der Waals surface area contributed by atoms with Gasteiger partial charge in [0.2, 0.25) is 0 Å². The van der Waals surface area contributed by atoms with Gasteiger partial charge in [0.05, 0.1) is 34.6 Å². The molecule has 7 heteroatoms. The molecule has 4 heterocycles. The molecule has 0 fully saturated rings. The Labute approximate surface area is 183 Å². The topological polar surface area (TPSA) is 83.1 Å². The first-order valence-electron chi connectivity index (χ1n) is 10.1. The molecule has 0 aliphatic heterocycles. The largest absolute Gasteiger partial charge is 0.335 e. The van der Waals surface area contributed by atoms with Crippen LogP contribution in [-0.2, 0) is 0 Å². The van der Waals surface area contributed by atoms with E-state index >= 15 is 0 Å². The Kier molecular flexibility index (Phi) is 4.91. The number of fused-ring (bicyclic) bond motifs is 2. The molecular formula is C25H19FN6. The number of hydrogen-bond donors (Lipinski definition) is 2. The predicted octanol–water partition coefficient (Wildman–Crippen LogP) is 5.85. The number of nitrogens with one attached hydrogen (secondary N) is 2. The lowest BCUT2D eigenvalue weighted by Gasteiger charge is -2.02. The van der Waals surface area contributed by atoms with E-state index in [1.54, 1.807) is 30.7 Å². The van der Waals surface area contributed by atoms with Gasteiger partial charge in [0, 0.05) is 17.1 Å². The molecule has 5 rings (SSSR count). The quantitative estimate of drug-likeness (QED) is 0.348. The monoisotopic (exact) mass is 422 g/mol. The Hall–Kier alpha value is -4.39. The molecule has 0 radical (unpaired) electrons. The Morgan fingerprint density at radius 1 is 1.12 bits per heavy atom. The standard InChI is InChI=1S/C25H19FN6/c1-3-5-7-15(4-2)20-11-18-21(14-28-20)31-32-24(18)25-29-22-13-27-12-19(23(22)30-25)16-8-6-9-17(26)10-16/h3-14H,1H2,2H3,(H,29,30)(H,31,32)/b7-5-,15-4+. The van der Waals surface area contributed by atoms with Crippen LogP contribution in [0.4, 0.5) is 4.39 Å². The second kappa shape index (κ2) is 8.03. The zero-order chi connectivity index (χ0) is 22.1. The van der Waals surface area contributed by atoms with Gasteiger partial charge in [-0.1, -0.05) is 43.0 Å². The van der Waals surface area contributed by atoms with E-state index in [4.69, 9.17) is 4.98 Å². The van der Waals surface area contributed by atoms with E-state index in [1.807, 2.05) is 37.3 Å². The van der Waals surface area contributed by atoms with Gasteiger partial charge in [0.25, 0.3) is 0 Å². The molecule has 0 atom stereocenters. The number of benzene rings is 1. The number of hydrogen-bond acceptors (Lipinski definition) is 4. The Bertz CT molecular complexity index is 1520. The van der Waals surface area contributed by atoms with E-state index in [1.165, 1.54) is 12.1 Å². The van der Waals surface area contributed by atoms with Gasteiger partial charge in [-0.15, -0.1) is 0 Å². The second-order valence-electron chi connectivity index (χ2n) is 7.21. The van der Waals surface area contributed by atoms with Gasteiger partial charge in [0.1, 0.15) is 11.5 Å². The van der Waals surface area contributed by atoms with Gasteiger partial charge < -0.3 is 4.98 Å². The lowest BCUT2D eigenvalue weighted by molar-refractivity contribution is 0.628. The fourth-order valence-corrected chi connectivity index (χ4v) is 3.67. The van der Waals surface area contributed by atoms with Crippen LogP contribution in [0.15, 0.2) is 79.8 Å². The summed E-state index contributed by atoms with van der Waals surface area (Å²) >= 11 is 0. The van der Waals surface area contributed by atoms with E-state index in [2.05, 4.69) is 31.7 Å². The third-order valence-corrected chi connectivity index (χ3v) is 5.22. The summed E-state index contributed by atoms with van der Waals surface area (Å²) in [6.07, 6.45) is 12.7. The van der Waals surface area contributed by atoms with Crippen LogP contribution in [0.2, 0.25) is 0 Å². The molecule has 5 aromatic rings. The van der Waals surface area contributed by atoms with Crippen LogP contribution in [0.1, 0.15) is 12.6 Å². The molecule has 0 bridgehead atoms. The van der Waals surface area contributed by atoms with Crippen molar-refractivity contribution < 1.29 is 4.39 Å². The van der Waals surface area contributed by atoms with E-state index < -0.39 is 0 Å². The van der Waals surface area contributed by atoms with E-state index in [-0.39, 0.29) is 5.82 Å². The molecule has 0 spiro atoms. The zero-order valence-corrected chi connectivity index (χ0v) is 17.3. The average Bonchev–Trinajstić information content (AvgIpc) is 3.43. The SMILES string of the molecule is C=C/C=C\C(=C/C)c1cc2c(-c3nc4c(-c5cccc(F)c5)cncc4[nH]3)n[nH]c2cn1. The van der Waals surface area contributed by atoms with Gasteiger partial charge >= 0.3 is 0 Å². The first kappa shape index (κ1) is 19.6. The van der Waals surface area contributed by atoms with Crippen LogP contribution in [0.5, 0.6) is 0 Å². The van der Waals surface area contributed by atoms with Crippen molar-refractivity contribution in [3.63, 3.8) is 0 Å². The molecule has 4 aromatic heterocycles. The second-order valence-corrected chi connectivity index (χ2v) is 7.21. The van der Waals surface area contributed by atoms with E-state index in [0.717, 1.165) is 33.3 Å². The molecule has 6 nitrogen and oxygen atoms in total. The van der Waals surface area contributed by atoms with Crippen molar-refractivity contribution in [1.82, 2.24) is 30.1 Å².